The van der Waals surface area contributed by atoms with Gasteiger partial charge in [-0.1, -0.05) is 6.07 Å². The fourth-order valence-electron chi connectivity index (χ4n) is 1.23. The lowest BCUT2D eigenvalue weighted by atomic mass is 10.3. The van der Waals surface area contributed by atoms with Gasteiger partial charge in [0, 0.05) is 18.6 Å². The largest absolute Gasteiger partial charge is 0.362 e. The van der Waals surface area contributed by atoms with Gasteiger partial charge < -0.3 is 5.32 Å². The summed E-state index contributed by atoms with van der Waals surface area (Å²) in [5.41, 5.74) is 1.18. The zero-order valence-electron chi connectivity index (χ0n) is 8.46. The second-order valence-electron chi connectivity index (χ2n) is 3.04. The molecule has 2 rings (SSSR count). The standard InChI is InChI=1S/C11H9N5/c12-7-10-11(15-6-5-14-10)16-8-9-3-1-2-4-13-9/h1-6H,8H2,(H,15,16). The monoisotopic (exact) mass is 211 g/mol. The van der Waals surface area contributed by atoms with E-state index >= 15 is 0 Å². The van der Waals surface area contributed by atoms with E-state index in [4.69, 9.17) is 5.26 Å². The molecule has 5 nitrogen and oxygen atoms in total. The molecule has 0 saturated carbocycles. The molecule has 1 N–H and O–H groups in total. The third-order valence-electron chi connectivity index (χ3n) is 1.97. The first-order valence-electron chi connectivity index (χ1n) is 4.75. The van der Waals surface area contributed by atoms with Gasteiger partial charge >= 0.3 is 0 Å². The number of nitrogens with one attached hydrogen (secondary N) is 1. The molecule has 0 amide bonds. The molecule has 0 fully saturated rings. The summed E-state index contributed by atoms with van der Waals surface area (Å²) >= 11 is 0. The summed E-state index contributed by atoms with van der Waals surface area (Å²) < 4.78 is 0. The van der Waals surface area contributed by atoms with E-state index in [-0.39, 0.29) is 0 Å². The molecule has 0 aromatic carbocycles. The van der Waals surface area contributed by atoms with Crippen molar-refractivity contribution in [3.8, 4) is 6.07 Å². The third-order valence-corrected chi connectivity index (χ3v) is 1.97. The van der Waals surface area contributed by atoms with Crippen LogP contribution < -0.4 is 5.32 Å². The highest BCUT2D eigenvalue weighted by atomic mass is 15.0. The van der Waals surface area contributed by atoms with Gasteiger partial charge in [0.05, 0.1) is 12.2 Å². The Balaban J connectivity index is 2.09. The average Bonchev–Trinajstić information content (AvgIpc) is 2.38. The summed E-state index contributed by atoms with van der Waals surface area (Å²) in [6.45, 7) is 0.522. The lowest BCUT2D eigenvalue weighted by molar-refractivity contribution is 1.01. The summed E-state index contributed by atoms with van der Waals surface area (Å²) in [5.74, 6) is 0.482. The second kappa shape index (κ2) is 4.84. The van der Waals surface area contributed by atoms with Gasteiger partial charge in [0.25, 0.3) is 0 Å². The normalized spacial score (nSPS) is 9.44. The van der Waals surface area contributed by atoms with Crippen molar-refractivity contribution in [1.82, 2.24) is 15.0 Å². The quantitative estimate of drug-likeness (QED) is 0.829. The number of pyridine rings is 1. The highest BCUT2D eigenvalue weighted by Crippen LogP contribution is 2.07. The maximum atomic E-state index is 8.81. The van der Waals surface area contributed by atoms with Gasteiger partial charge in [-0.25, -0.2) is 9.97 Å². The Morgan fingerprint density at radius 1 is 1.12 bits per heavy atom. The van der Waals surface area contributed by atoms with Gasteiger partial charge in [-0.05, 0) is 12.1 Å². The first-order chi connectivity index (χ1) is 7.90. The van der Waals surface area contributed by atoms with Crippen LogP contribution in [0.1, 0.15) is 11.4 Å². The molecule has 0 aliphatic rings. The van der Waals surface area contributed by atoms with Crippen molar-refractivity contribution in [1.29, 1.82) is 5.26 Å². The molecule has 0 atom stereocenters. The number of nitrogens with zero attached hydrogens (tertiary/aromatic N) is 4. The maximum Gasteiger partial charge on any atom is 0.182 e. The number of nitriles is 1. The predicted molar refractivity (Wildman–Crippen MR) is 58.3 cm³/mol. The third kappa shape index (κ3) is 2.30. The molecule has 78 valence electrons. The molecule has 0 aliphatic heterocycles. The van der Waals surface area contributed by atoms with Crippen molar-refractivity contribution in [2.45, 2.75) is 6.54 Å². The van der Waals surface area contributed by atoms with Gasteiger partial charge in [-0.15, -0.1) is 0 Å². The fourth-order valence-corrected chi connectivity index (χ4v) is 1.23. The van der Waals surface area contributed by atoms with Gasteiger partial charge in [-0.2, -0.15) is 5.26 Å². The molecular weight excluding hydrogens is 202 g/mol. The van der Waals surface area contributed by atoms with Crippen LogP contribution >= 0.6 is 0 Å². The Bertz CT molecular complexity index is 503. The van der Waals surface area contributed by atoms with Crippen molar-refractivity contribution in [2.24, 2.45) is 0 Å². The summed E-state index contributed by atoms with van der Waals surface area (Å²) in [7, 11) is 0. The first kappa shape index (κ1) is 10.1. The van der Waals surface area contributed by atoms with Crippen LogP contribution in [0.2, 0.25) is 0 Å². The van der Waals surface area contributed by atoms with E-state index in [2.05, 4.69) is 20.3 Å². The van der Waals surface area contributed by atoms with Gasteiger partial charge in [-0.3, -0.25) is 4.98 Å². The van der Waals surface area contributed by atoms with Crippen LogP contribution in [-0.2, 0) is 6.54 Å². The number of rotatable bonds is 3. The maximum absolute atomic E-state index is 8.81. The molecule has 2 aromatic rings. The van der Waals surface area contributed by atoms with E-state index in [0.29, 0.717) is 18.1 Å². The van der Waals surface area contributed by atoms with E-state index in [9.17, 15) is 0 Å². The zero-order chi connectivity index (χ0) is 11.2. The lowest BCUT2D eigenvalue weighted by Crippen LogP contribution is -2.05. The Morgan fingerprint density at radius 3 is 2.75 bits per heavy atom. The highest BCUT2D eigenvalue weighted by molar-refractivity contribution is 5.46. The minimum atomic E-state index is 0.290. The Kier molecular flexibility index (Phi) is 3.04. The van der Waals surface area contributed by atoms with Crippen LogP contribution in [0.3, 0.4) is 0 Å². The van der Waals surface area contributed by atoms with Crippen molar-refractivity contribution >= 4 is 5.82 Å². The Labute approximate surface area is 92.8 Å². The first-order valence-corrected chi connectivity index (χ1v) is 4.75. The second-order valence-corrected chi connectivity index (χ2v) is 3.04. The summed E-state index contributed by atoms with van der Waals surface area (Å²) in [6.07, 6.45) is 4.75. The molecule has 0 saturated heterocycles. The van der Waals surface area contributed by atoms with Crippen LogP contribution in [-0.4, -0.2) is 15.0 Å². The van der Waals surface area contributed by atoms with E-state index < -0.39 is 0 Å². The number of hydrogen-bond acceptors (Lipinski definition) is 5. The van der Waals surface area contributed by atoms with Crippen molar-refractivity contribution in [3.63, 3.8) is 0 Å². The molecule has 0 radical (unpaired) electrons. The van der Waals surface area contributed by atoms with Crippen LogP contribution in [0.5, 0.6) is 0 Å². The molecule has 0 unspecified atom stereocenters. The van der Waals surface area contributed by atoms with Gasteiger partial charge in [0.15, 0.2) is 11.5 Å². The van der Waals surface area contributed by atoms with E-state index in [1.165, 1.54) is 6.20 Å². The zero-order valence-corrected chi connectivity index (χ0v) is 8.46. The van der Waals surface area contributed by atoms with E-state index in [0.717, 1.165) is 5.69 Å². The number of aromatic nitrogens is 3. The summed E-state index contributed by atoms with van der Waals surface area (Å²) in [5, 5.41) is 11.8. The van der Waals surface area contributed by atoms with E-state index in [1.807, 2.05) is 24.3 Å². The average molecular weight is 211 g/mol. The van der Waals surface area contributed by atoms with Crippen LogP contribution in [0.4, 0.5) is 5.82 Å². The van der Waals surface area contributed by atoms with Crippen molar-refractivity contribution in [3.05, 3.63) is 48.2 Å². The van der Waals surface area contributed by atoms with Crippen LogP contribution in [0, 0.1) is 11.3 Å². The molecule has 0 bridgehead atoms. The highest BCUT2D eigenvalue weighted by Gasteiger charge is 2.02. The molecule has 2 heterocycles. The minimum Gasteiger partial charge on any atom is -0.362 e. The summed E-state index contributed by atoms with van der Waals surface area (Å²) in [4.78, 5) is 12.1. The fraction of sp³-hybridized carbons (Fsp3) is 0.0909. The van der Waals surface area contributed by atoms with Gasteiger partial charge in [0.1, 0.15) is 6.07 Å². The molecule has 0 aliphatic carbocycles. The van der Waals surface area contributed by atoms with E-state index in [1.54, 1.807) is 12.4 Å². The minimum absolute atomic E-state index is 0.290. The Hall–Kier alpha value is -2.48. The topological polar surface area (TPSA) is 74.5 Å². The molecule has 0 spiro atoms. The SMILES string of the molecule is N#Cc1nccnc1NCc1ccccn1. The Morgan fingerprint density at radius 2 is 2.00 bits per heavy atom. The lowest BCUT2D eigenvalue weighted by Gasteiger charge is -2.04. The van der Waals surface area contributed by atoms with Crippen molar-refractivity contribution < 1.29 is 0 Å². The summed E-state index contributed by atoms with van der Waals surface area (Å²) in [6, 6.07) is 7.64. The van der Waals surface area contributed by atoms with Gasteiger partial charge in [0.2, 0.25) is 0 Å². The molecule has 5 heteroatoms. The van der Waals surface area contributed by atoms with Crippen LogP contribution in [0.25, 0.3) is 0 Å². The molecule has 16 heavy (non-hydrogen) atoms. The van der Waals surface area contributed by atoms with Crippen LogP contribution in [0.15, 0.2) is 36.8 Å². The molecule has 2 aromatic heterocycles. The number of anilines is 1. The molecular formula is C11H9N5. The van der Waals surface area contributed by atoms with Crippen molar-refractivity contribution in [2.75, 3.05) is 5.32 Å². The smallest absolute Gasteiger partial charge is 0.182 e. The number of hydrogen-bond donors (Lipinski definition) is 1. The predicted octanol–water partition coefficient (Wildman–Crippen LogP) is 1.36.